The second kappa shape index (κ2) is 5.99. The summed E-state index contributed by atoms with van der Waals surface area (Å²) in [6.45, 7) is 0.222. The van der Waals surface area contributed by atoms with Crippen molar-refractivity contribution in [2.75, 3.05) is 6.54 Å². The zero-order valence-corrected chi connectivity index (χ0v) is 11.2. The largest absolute Gasteiger partial charge is 0.386 e. The van der Waals surface area contributed by atoms with Crippen molar-refractivity contribution in [2.24, 2.45) is 10.7 Å². The van der Waals surface area contributed by atoms with E-state index in [9.17, 15) is 5.11 Å². The third-order valence-corrected chi connectivity index (χ3v) is 4.08. The van der Waals surface area contributed by atoms with E-state index in [1.54, 1.807) is 11.3 Å². The summed E-state index contributed by atoms with van der Waals surface area (Å²) in [5.74, 6) is 0. The molecule has 0 bridgehead atoms. The van der Waals surface area contributed by atoms with Crippen molar-refractivity contribution >= 4 is 43.9 Å². The number of rotatable bonds is 4. The Morgan fingerprint density at radius 2 is 2.33 bits per heavy atom. The molecule has 6 heteroatoms. The van der Waals surface area contributed by atoms with E-state index >= 15 is 0 Å². The highest BCUT2D eigenvalue weighted by molar-refractivity contribution is 8.24. The lowest BCUT2D eigenvalue weighted by Crippen LogP contribution is -2.09. The van der Waals surface area contributed by atoms with Gasteiger partial charge in [0.1, 0.15) is 6.10 Å². The molecule has 18 heavy (non-hydrogen) atoms. The zero-order valence-electron chi connectivity index (χ0n) is 9.54. The first kappa shape index (κ1) is 13.1. The standard InChI is InChI=1S/C12H13N3OS2/c13-7-17-12(14)15-6-9(16)11-5-8-3-1-2-4-10(8)18-11/h1-5,7,9,13,16H,6H2,(H2,14,15). The van der Waals surface area contributed by atoms with E-state index < -0.39 is 6.10 Å². The van der Waals surface area contributed by atoms with E-state index in [4.69, 9.17) is 11.1 Å². The maximum atomic E-state index is 10.0. The molecule has 0 aliphatic carbocycles. The van der Waals surface area contributed by atoms with Crippen LogP contribution in [0.25, 0.3) is 10.1 Å². The summed E-state index contributed by atoms with van der Waals surface area (Å²) in [5, 5.41) is 18.3. The van der Waals surface area contributed by atoms with Gasteiger partial charge in [-0.2, -0.15) is 0 Å². The van der Waals surface area contributed by atoms with E-state index in [-0.39, 0.29) is 6.54 Å². The molecular weight excluding hydrogens is 266 g/mol. The van der Waals surface area contributed by atoms with Gasteiger partial charge in [0.05, 0.1) is 12.1 Å². The lowest BCUT2D eigenvalue weighted by atomic mass is 10.2. The van der Waals surface area contributed by atoms with E-state index in [1.807, 2.05) is 30.3 Å². The number of amidine groups is 1. The van der Waals surface area contributed by atoms with Gasteiger partial charge in [-0.15, -0.1) is 11.3 Å². The highest BCUT2D eigenvalue weighted by Gasteiger charge is 2.10. The molecule has 0 radical (unpaired) electrons. The fourth-order valence-corrected chi connectivity index (χ4v) is 2.84. The Balaban J connectivity index is 2.11. The number of thiophene rings is 1. The maximum absolute atomic E-state index is 10.0. The Bertz CT molecular complexity index is 546. The Morgan fingerprint density at radius 3 is 3.06 bits per heavy atom. The van der Waals surface area contributed by atoms with Crippen LogP contribution in [0, 0.1) is 5.41 Å². The van der Waals surface area contributed by atoms with E-state index in [1.165, 1.54) is 0 Å². The maximum Gasteiger partial charge on any atom is 0.159 e. The minimum Gasteiger partial charge on any atom is -0.386 e. The van der Waals surface area contributed by atoms with Gasteiger partial charge < -0.3 is 16.2 Å². The van der Waals surface area contributed by atoms with Crippen molar-refractivity contribution in [3.05, 3.63) is 35.2 Å². The summed E-state index contributed by atoms with van der Waals surface area (Å²) >= 11 is 2.59. The van der Waals surface area contributed by atoms with Crippen molar-refractivity contribution < 1.29 is 5.11 Å². The van der Waals surface area contributed by atoms with Crippen LogP contribution in [0.15, 0.2) is 35.3 Å². The van der Waals surface area contributed by atoms with E-state index in [2.05, 4.69) is 4.99 Å². The summed E-state index contributed by atoms with van der Waals surface area (Å²) in [6.07, 6.45) is -0.646. The number of aliphatic hydroxyl groups excluding tert-OH is 1. The molecule has 4 nitrogen and oxygen atoms in total. The summed E-state index contributed by atoms with van der Waals surface area (Å²) in [7, 11) is 0. The summed E-state index contributed by atoms with van der Waals surface area (Å²) in [5.41, 5.74) is 6.66. The molecule has 1 heterocycles. The van der Waals surface area contributed by atoms with Gasteiger partial charge >= 0.3 is 0 Å². The third kappa shape index (κ3) is 3.10. The average Bonchev–Trinajstić information content (AvgIpc) is 2.80. The second-order valence-corrected chi connectivity index (χ2v) is 5.62. The fraction of sp³-hybridized carbons (Fsp3) is 0.167. The van der Waals surface area contributed by atoms with Crippen molar-refractivity contribution in [1.82, 2.24) is 0 Å². The Labute approximate surface area is 113 Å². The number of nitrogens with two attached hydrogens (primary N) is 1. The zero-order chi connectivity index (χ0) is 13.0. The van der Waals surface area contributed by atoms with Crippen LogP contribution < -0.4 is 5.73 Å². The first-order valence-corrected chi connectivity index (χ1v) is 7.02. The van der Waals surface area contributed by atoms with Crippen LogP contribution in [0.3, 0.4) is 0 Å². The van der Waals surface area contributed by atoms with Gasteiger partial charge in [0.2, 0.25) is 0 Å². The molecule has 2 aromatic rings. The highest BCUT2D eigenvalue weighted by Crippen LogP contribution is 2.29. The minimum atomic E-state index is -0.646. The molecule has 0 amide bonds. The van der Waals surface area contributed by atoms with Crippen LogP contribution in [0.2, 0.25) is 0 Å². The predicted molar refractivity (Wildman–Crippen MR) is 79.6 cm³/mol. The second-order valence-electron chi connectivity index (χ2n) is 3.62. The SMILES string of the molecule is N=CSC(N)=NCC(O)c1cc2ccccc2s1. The summed E-state index contributed by atoms with van der Waals surface area (Å²) in [6, 6.07) is 9.97. The van der Waals surface area contributed by atoms with Crippen LogP contribution in [0.5, 0.6) is 0 Å². The third-order valence-electron chi connectivity index (χ3n) is 2.37. The molecular formula is C12H13N3OS2. The minimum absolute atomic E-state index is 0.222. The number of fused-ring (bicyclic) bond motifs is 1. The molecule has 0 saturated heterocycles. The number of nitrogens with zero attached hydrogens (tertiary/aromatic N) is 1. The molecule has 4 N–H and O–H groups in total. The molecule has 0 saturated carbocycles. The Kier molecular flexibility index (Phi) is 4.35. The van der Waals surface area contributed by atoms with Crippen LogP contribution in [0.4, 0.5) is 0 Å². The van der Waals surface area contributed by atoms with Gasteiger partial charge in [-0.05, 0) is 29.3 Å². The number of hydrogen-bond donors (Lipinski definition) is 3. The number of nitrogens with one attached hydrogen (secondary N) is 1. The smallest absolute Gasteiger partial charge is 0.159 e. The van der Waals surface area contributed by atoms with E-state index in [0.717, 1.165) is 32.3 Å². The van der Waals surface area contributed by atoms with Crippen molar-refractivity contribution in [3.8, 4) is 0 Å². The molecule has 0 aliphatic rings. The fourth-order valence-electron chi connectivity index (χ4n) is 1.53. The van der Waals surface area contributed by atoms with Gasteiger partial charge in [0, 0.05) is 9.58 Å². The molecule has 0 fully saturated rings. The first-order chi connectivity index (χ1) is 8.70. The molecule has 94 valence electrons. The average molecular weight is 279 g/mol. The number of aliphatic imine (C=N–C) groups is 1. The predicted octanol–water partition coefficient (Wildman–Crippen LogP) is 2.59. The molecule has 1 aromatic carbocycles. The molecule has 1 atom stereocenters. The van der Waals surface area contributed by atoms with Crippen LogP contribution in [-0.4, -0.2) is 22.4 Å². The number of thioether (sulfide) groups is 1. The van der Waals surface area contributed by atoms with Crippen molar-refractivity contribution in [3.63, 3.8) is 0 Å². The molecule has 2 rings (SSSR count). The monoisotopic (exact) mass is 279 g/mol. The van der Waals surface area contributed by atoms with Gasteiger partial charge in [0.25, 0.3) is 0 Å². The number of benzene rings is 1. The van der Waals surface area contributed by atoms with Crippen molar-refractivity contribution in [2.45, 2.75) is 6.10 Å². The molecule has 0 aliphatic heterocycles. The molecule has 1 aromatic heterocycles. The normalized spacial score (nSPS) is 13.7. The van der Waals surface area contributed by atoms with Gasteiger partial charge in [0.15, 0.2) is 5.17 Å². The van der Waals surface area contributed by atoms with Gasteiger partial charge in [-0.3, -0.25) is 4.99 Å². The topological polar surface area (TPSA) is 82.5 Å². The van der Waals surface area contributed by atoms with Crippen LogP contribution >= 0.6 is 23.1 Å². The van der Waals surface area contributed by atoms with Gasteiger partial charge in [-0.1, -0.05) is 18.2 Å². The number of aliphatic hydroxyl groups is 1. The quantitative estimate of drug-likeness (QED) is 0.594. The number of hydrogen-bond acceptors (Lipinski definition) is 5. The Hall–Kier alpha value is -1.37. The van der Waals surface area contributed by atoms with Crippen molar-refractivity contribution in [1.29, 1.82) is 5.41 Å². The first-order valence-electron chi connectivity index (χ1n) is 5.33. The molecule has 0 spiro atoms. The van der Waals surface area contributed by atoms with Gasteiger partial charge in [-0.25, -0.2) is 0 Å². The van der Waals surface area contributed by atoms with E-state index in [0.29, 0.717) is 5.17 Å². The summed E-state index contributed by atoms with van der Waals surface area (Å²) < 4.78 is 1.15. The van der Waals surface area contributed by atoms with Crippen LogP contribution in [0.1, 0.15) is 11.0 Å². The highest BCUT2D eigenvalue weighted by atomic mass is 32.2. The summed E-state index contributed by atoms with van der Waals surface area (Å²) in [4.78, 5) is 4.91. The lowest BCUT2D eigenvalue weighted by Gasteiger charge is -2.04. The Morgan fingerprint density at radius 1 is 1.56 bits per heavy atom. The molecule has 1 unspecified atom stereocenters. The van der Waals surface area contributed by atoms with Crippen LogP contribution in [-0.2, 0) is 0 Å². The lowest BCUT2D eigenvalue weighted by molar-refractivity contribution is 0.191.